The summed E-state index contributed by atoms with van der Waals surface area (Å²) in [6.07, 6.45) is 1.48. The van der Waals surface area contributed by atoms with Crippen LogP contribution in [0.25, 0.3) is 10.8 Å². The highest BCUT2D eigenvalue weighted by Gasteiger charge is 2.14. The van der Waals surface area contributed by atoms with E-state index >= 15 is 0 Å². The Kier molecular flexibility index (Phi) is 5.21. The maximum Gasteiger partial charge on any atom is 0.341 e. The van der Waals surface area contributed by atoms with Crippen LogP contribution < -0.4 is 10.1 Å². The van der Waals surface area contributed by atoms with Crippen molar-refractivity contribution in [2.24, 2.45) is 0 Å². The molecule has 3 rings (SSSR count). The van der Waals surface area contributed by atoms with Crippen LogP contribution >= 0.6 is 0 Å². The molecule has 2 N–H and O–H groups in total. The Bertz CT molecular complexity index is 1020. The van der Waals surface area contributed by atoms with Gasteiger partial charge in [0.15, 0.2) is 0 Å². The van der Waals surface area contributed by atoms with Crippen LogP contribution in [-0.2, 0) is 4.74 Å². The summed E-state index contributed by atoms with van der Waals surface area (Å²) >= 11 is 0. The molecule has 0 aliphatic rings. The molecule has 7 nitrogen and oxygen atoms in total. The average Bonchev–Trinajstić information content (AvgIpc) is 2.67. The van der Waals surface area contributed by atoms with Gasteiger partial charge in [0.05, 0.1) is 6.61 Å². The van der Waals surface area contributed by atoms with Crippen molar-refractivity contribution < 1.29 is 24.2 Å². The predicted molar refractivity (Wildman–Crippen MR) is 99.3 cm³/mol. The van der Waals surface area contributed by atoms with Gasteiger partial charge in [0, 0.05) is 19.3 Å². The van der Waals surface area contributed by atoms with Crippen molar-refractivity contribution in [1.82, 2.24) is 10.3 Å². The number of aromatic nitrogens is 1. The largest absolute Gasteiger partial charge is 0.507 e. The Morgan fingerprint density at radius 2 is 1.85 bits per heavy atom. The standard InChI is InChI=1S/C20H18N2O5/c1-3-26-20(25)16-9-13-8-14(5-4-12(13)10-18(16)23)27-15-6-7-22-17(11-15)19(24)21-2/h4-11,23H,3H2,1-2H3,(H,21,24). The van der Waals surface area contributed by atoms with E-state index in [-0.39, 0.29) is 29.5 Å². The molecule has 1 heterocycles. The van der Waals surface area contributed by atoms with Gasteiger partial charge in [-0.05, 0) is 48.0 Å². The van der Waals surface area contributed by atoms with Gasteiger partial charge in [0.2, 0.25) is 0 Å². The van der Waals surface area contributed by atoms with Crippen LogP contribution in [0.2, 0.25) is 0 Å². The fourth-order valence-electron chi connectivity index (χ4n) is 2.56. The van der Waals surface area contributed by atoms with Crippen molar-refractivity contribution in [2.75, 3.05) is 13.7 Å². The van der Waals surface area contributed by atoms with Crippen LogP contribution in [0.15, 0.2) is 48.7 Å². The van der Waals surface area contributed by atoms with Gasteiger partial charge in [-0.15, -0.1) is 0 Å². The predicted octanol–water partition coefficient (Wildman–Crippen LogP) is 3.27. The number of nitrogens with zero attached hydrogens (tertiary/aromatic N) is 1. The molecule has 0 spiro atoms. The molecule has 138 valence electrons. The lowest BCUT2D eigenvalue weighted by molar-refractivity contribution is 0.0523. The molecule has 7 heteroatoms. The second kappa shape index (κ2) is 7.74. The fourth-order valence-corrected chi connectivity index (χ4v) is 2.56. The number of phenols is 1. The Morgan fingerprint density at radius 3 is 2.59 bits per heavy atom. The zero-order chi connectivity index (χ0) is 19.4. The van der Waals surface area contributed by atoms with Crippen molar-refractivity contribution in [3.8, 4) is 17.2 Å². The highest BCUT2D eigenvalue weighted by atomic mass is 16.5. The van der Waals surface area contributed by atoms with E-state index in [1.165, 1.54) is 25.4 Å². The number of ether oxygens (including phenoxy) is 2. The van der Waals surface area contributed by atoms with Crippen LogP contribution in [0.1, 0.15) is 27.8 Å². The Hall–Kier alpha value is -3.61. The van der Waals surface area contributed by atoms with E-state index in [1.54, 1.807) is 37.3 Å². The maximum atomic E-state index is 12.0. The lowest BCUT2D eigenvalue weighted by atomic mass is 10.1. The molecule has 0 bridgehead atoms. The van der Waals surface area contributed by atoms with Gasteiger partial charge in [-0.25, -0.2) is 4.79 Å². The van der Waals surface area contributed by atoms with Gasteiger partial charge in [-0.1, -0.05) is 6.07 Å². The molecule has 0 radical (unpaired) electrons. The summed E-state index contributed by atoms with van der Waals surface area (Å²) in [7, 11) is 1.53. The number of carbonyl (C=O) groups excluding carboxylic acids is 2. The summed E-state index contributed by atoms with van der Waals surface area (Å²) in [5.41, 5.74) is 0.331. The van der Waals surface area contributed by atoms with Gasteiger partial charge < -0.3 is 19.9 Å². The number of pyridine rings is 1. The van der Waals surface area contributed by atoms with Gasteiger partial charge in [-0.3, -0.25) is 9.78 Å². The topological polar surface area (TPSA) is 97.8 Å². The van der Waals surface area contributed by atoms with Crippen LogP contribution in [-0.4, -0.2) is 35.6 Å². The van der Waals surface area contributed by atoms with Crippen molar-refractivity contribution in [3.63, 3.8) is 0 Å². The SMILES string of the molecule is CCOC(=O)c1cc2cc(Oc3ccnc(C(=O)NC)c3)ccc2cc1O. The van der Waals surface area contributed by atoms with Gasteiger partial charge in [-0.2, -0.15) is 0 Å². The molecule has 1 aromatic heterocycles. The summed E-state index contributed by atoms with van der Waals surface area (Å²) < 4.78 is 10.8. The number of fused-ring (bicyclic) bond motifs is 1. The summed E-state index contributed by atoms with van der Waals surface area (Å²) in [5, 5.41) is 14.0. The molecule has 27 heavy (non-hydrogen) atoms. The monoisotopic (exact) mass is 366 g/mol. The number of amides is 1. The summed E-state index contributed by atoms with van der Waals surface area (Å²) in [6, 6.07) is 11.4. The van der Waals surface area contributed by atoms with E-state index in [0.29, 0.717) is 16.9 Å². The van der Waals surface area contributed by atoms with Gasteiger partial charge in [0.25, 0.3) is 5.91 Å². The first-order valence-corrected chi connectivity index (χ1v) is 8.31. The molecular formula is C20H18N2O5. The third-order valence-electron chi connectivity index (χ3n) is 3.85. The smallest absolute Gasteiger partial charge is 0.341 e. The quantitative estimate of drug-likeness (QED) is 0.673. The van der Waals surface area contributed by atoms with E-state index in [2.05, 4.69) is 10.3 Å². The summed E-state index contributed by atoms with van der Waals surface area (Å²) in [4.78, 5) is 27.6. The summed E-state index contributed by atoms with van der Waals surface area (Å²) in [5.74, 6) is -0.0792. The normalized spacial score (nSPS) is 10.4. The van der Waals surface area contributed by atoms with E-state index < -0.39 is 5.97 Å². The zero-order valence-electron chi connectivity index (χ0n) is 14.9. The molecule has 0 aliphatic heterocycles. The zero-order valence-corrected chi connectivity index (χ0v) is 14.9. The molecule has 3 aromatic rings. The third kappa shape index (κ3) is 3.98. The number of nitrogens with one attached hydrogen (secondary N) is 1. The Labute approximate surface area is 155 Å². The molecule has 0 unspecified atom stereocenters. The molecule has 0 aliphatic carbocycles. The molecule has 0 fully saturated rings. The molecule has 1 amide bonds. The highest BCUT2D eigenvalue weighted by molar-refractivity contribution is 5.99. The maximum absolute atomic E-state index is 12.0. The number of rotatable bonds is 5. The molecular weight excluding hydrogens is 348 g/mol. The Morgan fingerprint density at radius 1 is 1.07 bits per heavy atom. The lowest BCUT2D eigenvalue weighted by Crippen LogP contribution is -2.18. The minimum absolute atomic E-state index is 0.0901. The second-order valence-corrected chi connectivity index (χ2v) is 5.66. The molecule has 0 saturated carbocycles. The lowest BCUT2D eigenvalue weighted by Gasteiger charge is -2.10. The van der Waals surface area contributed by atoms with Gasteiger partial charge in [0.1, 0.15) is 28.5 Å². The molecule has 0 saturated heterocycles. The van der Waals surface area contributed by atoms with Crippen LogP contribution in [0.5, 0.6) is 17.2 Å². The fraction of sp³-hybridized carbons (Fsp3) is 0.150. The van der Waals surface area contributed by atoms with Crippen molar-refractivity contribution in [3.05, 3.63) is 59.9 Å². The van der Waals surface area contributed by atoms with Crippen LogP contribution in [0.3, 0.4) is 0 Å². The van der Waals surface area contributed by atoms with Crippen LogP contribution in [0, 0.1) is 0 Å². The van der Waals surface area contributed by atoms with Crippen LogP contribution in [0.4, 0.5) is 0 Å². The molecule has 2 aromatic carbocycles. The van der Waals surface area contributed by atoms with Crippen molar-refractivity contribution in [2.45, 2.75) is 6.92 Å². The number of hydrogen-bond acceptors (Lipinski definition) is 6. The first-order valence-electron chi connectivity index (χ1n) is 8.31. The van der Waals surface area contributed by atoms with Gasteiger partial charge >= 0.3 is 5.97 Å². The number of carbonyl (C=O) groups is 2. The number of esters is 1. The second-order valence-electron chi connectivity index (χ2n) is 5.66. The number of hydrogen-bond donors (Lipinski definition) is 2. The van der Waals surface area contributed by atoms with E-state index in [1.807, 2.05) is 0 Å². The van der Waals surface area contributed by atoms with E-state index in [0.717, 1.165) is 5.39 Å². The minimum atomic E-state index is -0.590. The van der Waals surface area contributed by atoms with Crippen molar-refractivity contribution >= 4 is 22.6 Å². The number of phenolic OH excluding ortho intramolecular Hbond substituents is 1. The summed E-state index contributed by atoms with van der Waals surface area (Å²) in [6.45, 7) is 1.92. The number of aromatic hydroxyl groups is 1. The van der Waals surface area contributed by atoms with E-state index in [9.17, 15) is 14.7 Å². The minimum Gasteiger partial charge on any atom is -0.507 e. The molecule has 0 atom stereocenters. The first-order chi connectivity index (χ1) is 13.0. The van der Waals surface area contributed by atoms with Crippen molar-refractivity contribution in [1.29, 1.82) is 0 Å². The third-order valence-corrected chi connectivity index (χ3v) is 3.85. The Balaban J connectivity index is 1.93. The first kappa shape index (κ1) is 18.2. The number of benzene rings is 2. The average molecular weight is 366 g/mol. The highest BCUT2D eigenvalue weighted by Crippen LogP contribution is 2.30. The van der Waals surface area contributed by atoms with E-state index in [4.69, 9.17) is 9.47 Å².